The Kier molecular flexibility index (Phi) is 8.20. The van der Waals surface area contributed by atoms with Crippen molar-refractivity contribution in [2.24, 2.45) is 5.92 Å². The Morgan fingerprint density at radius 2 is 1.78 bits per heavy atom. The van der Waals surface area contributed by atoms with E-state index in [2.05, 4.69) is 19.9 Å². The van der Waals surface area contributed by atoms with Crippen LogP contribution in [0.3, 0.4) is 0 Å². The van der Waals surface area contributed by atoms with E-state index < -0.39 is 0 Å². The monoisotopic (exact) mass is 406 g/mol. The van der Waals surface area contributed by atoms with Gasteiger partial charge in [0, 0.05) is 10.3 Å². The van der Waals surface area contributed by atoms with Crippen LogP contribution in [-0.4, -0.2) is 12.1 Å². The Hall–Kier alpha value is -0.870. The molecule has 1 fully saturated rings. The fraction of sp³-hybridized carbons (Fsp3) is 0.696. The Balaban J connectivity index is 1.41. The third-order valence-electron chi connectivity index (χ3n) is 5.75. The molecule has 0 unspecified atom stereocenters. The second kappa shape index (κ2) is 10.6. The van der Waals surface area contributed by atoms with Crippen molar-refractivity contribution >= 4 is 38.0 Å². The van der Waals surface area contributed by atoms with E-state index in [9.17, 15) is 4.79 Å². The Morgan fingerprint density at radius 3 is 2.48 bits per heavy atom. The minimum absolute atomic E-state index is 0.108. The maximum absolute atomic E-state index is 12.5. The second-order valence-electron chi connectivity index (χ2n) is 8.07. The first kappa shape index (κ1) is 20.9. The Bertz CT molecular complexity index is 676. The maximum Gasteiger partial charge on any atom is 0.348 e. The summed E-state index contributed by atoms with van der Waals surface area (Å²) in [6.07, 6.45) is 15.2. The summed E-state index contributed by atoms with van der Waals surface area (Å²) in [5, 5.41) is 1.21. The number of rotatable bonds is 10. The van der Waals surface area contributed by atoms with E-state index in [1.807, 2.05) is 17.4 Å². The van der Waals surface area contributed by atoms with Gasteiger partial charge in [0.25, 0.3) is 0 Å². The minimum atomic E-state index is -0.108. The van der Waals surface area contributed by atoms with E-state index in [-0.39, 0.29) is 12.1 Å². The van der Waals surface area contributed by atoms with Crippen LogP contribution in [0.5, 0.6) is 0 Å². The van der Waals surface area contributed by atoms with E-state index in [1.165, 1.54) is 72.1 Å². The van der Waals surface area contributed by atoms with Gasteiger partial charge < -0.3 is 4.74 Å². The molecule has 27 heavy (non-hydrogen) atoms. The van der Waals surface area contributed by atoms with Gasteiger partial charge in [-0.3, -0.25) is 0 Å². The van der Waals surface area contributed by atoms with Gasteiger partial charge in [-0.25, -0.2) is 4.79 Å². The van der Waals surface area contributed by atoms with Gasteiger partial charge >= 0.3 is 5.97 Å². The van der Waals surface area contributed by atoms with Crippen molar-refractivity contribution in [3.05, 3.63) is 21.9 Å². The molecule has 2 nitrogen and oxygen atoms in total. The number of ether oxygens (including phenoxy) is 1. The van der Waals surface area contributed by atoms with Crippen LogP contribution in [0.4, 0.5) is 0 Å². The highest BCUT2D eigenvalue weighted by Gasteiger charge is 2.25. The topological polar surface area (TPSA) is 26.3 Å². The zero-order valence-electron chi connectivity index (χ0n) is 16.9. The zero-order valence-corrected chi connectivity index (χ0v) is 18.6. The average molecular weight is 407 g/mol. The molecule has 0 amide bonds. The molecule has 0 spiro atoms. The summed E-state index contributed by atoms with van der Waals surface area (Å²) in [6, 6.07) is 4.27. The normalized spacial score (nSPS) is 20.2. The minimum Gasteiger partial charge on any atom is -0.458 e. The average Bonchev–Trinajstić information content (AvgIpc) is 3.22. The lowest BCUT2D eigenvalue weighted by atomic mass is 9.84. The van der Waals surface area contributed by atoms with Crippen molar-refractivity contribution in [3.63, 3.8) is 0 Å². The van der Waals surface area contributed by atoms with Gasteiger partial charge in [0.2, 0.25) is 0 Å². The summed E-state index contributed by atoms with van der Waals surface area (Å²) < 4.78 is 7.10. The molecule has 2 aromatic rings. The lowest BCUT2D eigenvalue weighted by molar-refractivity contribution is 0.0166. The highest BCUT2D eigenvalue weighted by molar-refractivity contribution is 7.39. The highest BCUT2D eigenvalue weighted by atomic mass is 32.2. The lowest BCUT2D eigenvalue weighted by Crippen LogP contribution is -2.24. The number of hydrogen-bond acceptors (Lipinski definition) is 4. The van der Waals surface area contributed by atoms with Crippen molar-refractivity contribution < 1.29 is 9.53 Å². The molecule has 1 aliphatic rings. The number of thiophene rings is 2. The van der Waals surface area contributed by atoms with Crippen LogP contribution in [0.1, 0.15) is 99.0 Å². The number of carbonyl (C=O) groups is 1. The van der Waals surface area contributed by atoms with Crippen molar-refractivity contribution in [1.82, 2.24) is 0 Å². The Morgan fingerprint density at radius 1 is 1.00 bits per heavy atom. The number of unbranched alkanes of at least 4 members (excludes halogenated alkanes) is 4. The van der Waals surface area contributed by atoms with E-state index in [0.717, 1.165) is 30.1 Å². The number of hydrogen-bond donors (Lipinski definition) is 0. The van der Waals surface area contributed by atoms with Crippen molar-refractivity contribution in [1.29, 1.82) is 0 Å². The predicted octanol–water partition coefficient (Wildman–Crippen LogP) is 7.99. The largest absolute Gasteiger partial charge is 0.458 e. The molecule has 0 aliphatic heterocycles. The summed E-state index contributed by atoms with van der Waals surface area (Å²) in [7, 11) is 0. The maximum atomic E-state index is 12.5. The first-order valence-electron chi connectivity index (χ1n) is 10.9. The number of aryl methyl sites for hydroxylation is 1. The van der Waals surface area contributed by atoms with E-state index in [0.29, 0.717) is 0 Å². The van der Waals surface area contributed by atoms with Gasteiger partial charge in [0.1, 0.15) is 11.0 Å². The molecule has 2 heterocycles. The molecule has 0 aromatic carbocycles. The number of carbonyl (C=O) groups excluding carboxylic acids is 1. The summed E-state index contributed by atoms with van der Waals surface area (Å²) in [5.41, 5.74) is 0. The summed E-state index contributed by atoms with van der Waals surface area (Å²) in [4.78, 5) is 14.7. The fourth-order valence-corrected chi connectivity index (χ4v) is 6.62. The van der Waals surface area contributed by atoms with Crippen LogP contribution in [-0.2, 0) is 11.2 Å². The fourth-order valence-electron chi connectivity index (χ4n) is 4.15. The van der Waals surface area contributed by atoms with E-state index >= 15 is 0 Å². The molecule has 0 saturated heterocycles. The van der Waals surface area contributed by atoms with Gasteiger partial charge in [-0.15, -0.1) is 22.7 Å². The molecule has 1 saturated carbocycles. The zero-order chi connectivity index (χ0) is 19.1. The van der Waals surface area contributed by atoms with E-state index in [4.69, 9.17) is 4.74 Å². The first-order chi connectivity index (χ1) is 13.2. The van der Waals surface area contributed by atoms with Crippen LogP contribution in [0.15, 0.2) is 12.1 Å². The van der Waals surface area contributed by atoms with Crippen LogP contribution >= 0.6 is 22.7 Å². The molecule has 150 valence electrons. The molecular weight excluding hydrogens is 372 g/mol. The molecular formula is C23H34O2S2. The third kappa shape index (κ3) is 6.05. The quantitative estimate of drug-likeness (QED) is 0.295. The number of esters is 1. The molecule has 2 aromatic heterocycles. The van der Waals surface area contributed by atoms with Crippen LogP contribution in [0.2, 0.25) is 0 Å². The Labute approximate surface area is 172 Å². The van der Waals surface area contributed by atoms with Crippen molar-refractivity contribution in [3.8, 4) is 0 Å². The highest BCUT2D eigenvalue weighted by Crippen LogP contribution is 2.35. The molecule has 0 atom stereocenters. The predicted molar refractivity (Wildman–Crippen MR) is 118 cm³/mol. The van der Waals surface area contributed by atoms with Gasteiger partial charge in [-0.2, -0.15) is 0 Å². The standard InChI is InChI=1S/C23H34O2S2/c1-3-5-6-7-8-10-17-11-13-19(14-12-17)25-22(24)21-16-18-15-20(9-4-2)26-23(18)27-21/h15-17,19H,3-14H2,1-2H3. The molecule has 0 N–H and O–H groups in total. The number of fused-ring (bicyclic) bond motifs is 1. The first-order valence-corrected chi connectivity index (χ1v) is 12.6. The molecule has 0 bridgehead atoms. The van der Waals surface area contributed by atoms with Crippen LogP contribution in [0, 0.1) is 5.92 Å². The lowest BCUT2D eigenvalue weighted by Gasteiger charge is -2.28. The van der Waals surface area contributed by atoms with Crippen molar-refractivity contribution in [2.75, 3.05) is 0 Å². The summed E-state index contributed by atoms with van der Waals surface area (Å²) in [6.45, 7) is 4.48. The second-order valence-corrected chi connectivity index (χ2v) is 10.5. The molecule has 1 aliphatic carbocycles. The van der Waals surface area contributed by atoms with Crippen LogP contribution < -0.4 is 0 Å². The molecule has 4 heteroatoms. The van der Waals surface area contributed by atoms with Gasteiger partial charge in [0.05, 0.1) is 4.01 Å². The summed E-state index contributed by atoms with van der Waals surface area (Å²) in [5.74, 6) is 0.745. The van der Waals surface area contributed by atoms with Gasteiger partial charge in [0.15, 0.2) is 0 Å². The van der Waals surface area contributed by atoms with Gasteiger partial charge in [-0.1, -0.05) is 58.8 Å². The summed E-state index contributed by atoms with van der Waals surface area (Å²) >= 11 is 3.43. The van der Waals surface area contributed by atoms with Gasteiger partial charge in [-0.05, 0) is 50.2 Å². The van der Waals surface area contributed by atoms with Crippen LogP contribution in [0.25, 0.3) is 9.40 Å². The SMILES string of the molecule is CCCCCCCC1CCC(OC(=O)c2cc3cc(CCC)sc3s2)CC1. The third-order valence-corrected chi connectivity index (χ3v) is 8.18. The van der Waals surface area contributed by atoms with E-state index in [1.54, 1.807) is 11.3 Å². The molecule has 3 rings (SSSR count). The molecule has 0 radical (unpaired) electrons. The smallest absolute Gasteiger partial charge is 0.348 e. The van der Waals surface area contributed by atoms with Crippen molar-refractivity contribution in [2.45, 2.75) is 97.0 Å².